The van der Waals surface area contributed by atoms with Crippen molar-refractivity contribution in [3.05, 3.63) is 35.9 Å². The van der Waals surface area contributed by atoms with Gasteiger partial charge in [0.1, 0.15) is 0 Å². The van der Waals surface area contributed by atoms with Gasteiger partial charge < -0.3 is 21.7 Å². The van der Waals surface area contributed by atoms with Crippen LogP contribution in [0, 0.1) is 0 Å². The van der Waals surface area contributed by atoms with Crippen LogP contribution in [0.3, 0.4) is 0 Å². The topological polar surface area (TPSA) is 79.2 Å². The van der Waals surface area contributed by atoms with E-state index < -0.39 is 0 Å². The molecule has 0 heterocycles. The molecule has 0 bridgehead atoms. The van der Waals surface area contributed by atoms with Crippen molar-refractivity contribution in [2.45, 2.75) is 57.2 Å². The number of amides is 2. The summed E-state index contributed by atoms with van der Waals surface area (Å²) in [4.78, 5) is 11.9. The zero-order valence-corrected chi connectivity index (χ0v) is 14.5. The van der Waals surface area contributed by atoms with Gasteiger partial charge in [-0.2, -0.15) is 0 Å². The fourth-order valence-corrected chi connectivity index (χ4v) is 2.89. The normalized spacial score (nSPS) is 17.9. The quantitative estimate of drug-likeness (QED) is 0.623. The maximum Gasteiger partial charge on any atom is 0.314 e. The Morgan fingerprint density at radius 3 is 2.48 bits per heavy atom. The highest BCUT2D eigenvalue weighted by molar-refractivity contribution is 5.74. The molecule has 2 rings (SSSR count). The number of urea groups is 1. The van der Waals surface area contributed by atoms with Crippen LogP contribution in [0.15, 0.2) is 30.3 Å². The molecule has 5 N–H and O–H groups in total. The van der Waals surface area contributed by atoms with E-state index in [2.05, 4.69) is 48.9 Å². The molecule has 0 aliphatic heterocycles. The molecule has 128 valence electrons. The van der Waals surface area contributed by atoms with E-state index in [9.17, 15) is 4.79 Å². The van der Waals surface area contributed by atoms with E-state index in [-0.39, 0.29) is 23.2 Å². The van der Waals surface area contributed by atoms with Gasteiger partial charge in [0.15, 0.2) is 0 Å². The Morgan fingerprint density at radius 1 is 1.26 bits per heavy atom. The summed E-state index contributed by atoms with van der Waals surface area (Å²) in [6.45, 7) is 7.40. The van der Waals surface area contributed by atoms with E-state index in [1.165, 1.54) is 5.56 Å². The molecule has 0 aromatic heterocycles. The van der Waals surface area contributed by atoms with Gasteiger partial charge >= 0.3 is 6.03 Å². The standard InChI is InChI=1S/C18H30N4O/c1-14(15-8-5-4-6-9-15)22-17(2,3)12-20-16(23)21-13-18(19)10-7-11-18/h4-6,8-9,14,22H,7,10-13,19H2,1-3H3,(H2,20,21,23). The van der Waals surface area contributed by atoms with Gasteiger partial charge in [-0.15, -0.1) is 0 Å². The Bertz CT molecular complexity index is 511. The zero-order chi connectivity index (χ0) is 16.9. The summed E-state index contributed by atoms with van der Waals surface area (Å²) in [6.07, 6.45) is 3.15. The van der Waals surface area contributed by atoms with Crippen LogP contribution in [-0.4, -0.2) is 30.2 Å². The molecule has 0 radical (unpaired) electrons. The Hall–Kier alpha value is -1.59. The third-order valence-corrected chi connectivity index (χ3v) is 4.55. The van der Waals surface area contributed by atoms with Crippen LogP contribution in [0.2, 0.25) is 0 Å². The van der Waals surface area contributed by atoms with E-state index in [1.54, 1.807) is 0 Å². The SMILES string of the molecule is CC(NC(C)(C)CNC(=O)NCC1(N)CCC1)c1ccccc1. The predicted octanol–water partition coefficient (Wildman–Crippen LogP) is 2.30. The van der Waals surface area contributed by atoms with Crippen LogP contribution < -0.4 is 21.7 Å². The molecule has 1 aliphatic rings. The summed E-state index contributed by atoms with van der Waals surface area (Å²) in [5.41, 5.74) is 6.95. The van der Waals surface area contributed by atoms with E-state index in [0.717, 1.165) is 19.3 Å². The number of hydrogen-bond acceptors (Lipinski definition) is 3. The van der Waals surface area contributed by atoms with E-state index in [4.69, 9.17) is 5.73 Å². The van der Waals surface area contributed by atoms with Gasteiger partial charge in [0.05, 0.1) is 0 Å². The molecule has 0 saturated heterocycles. The predicted molar refractivity (Wildman–Crippen MR) is 94.2 cm³/mol. The second-order valence-corrected chi connectivity index (χ2v) is 7.41. The van der Waals surface area contributed by atoms with Crippen LogP contribution in [0.4, 0.5) is 4.79 Å². The molecule has 23 heavy (non-hydrogen) atoms. The molecule has 1 aliphatic carbocycles. The van der Waals surface area contributed by atoms with Crippen molar-refractivity contribution < 1.29 is 4.79 Å². The lowest BCUT2D eigenvalue weighted by Gasteiger charge is -2.38. The highest BCUT2D eigenvalue weighted by atomic mass is 16.2. The lowest BCUT2D eigenvalue weighted by atomic mass is 9.78. The van der Waals surface area contributed by atoms with Crippen LogP contribution in [-0.2, 0) is 0 Å². The minimum absolute atomic E-state index is 0.149. The smallest absolute Gasteiger partial charge is 0.314 e. The second kappa shape index (κ2) is 7.32. The van der Waals surface area contributed by atoms with Gasteiger partial charge in [-0.25, -0.2) is 4.79 Å². The molecule has 1 aromatic carbocycles. The van der Waals surface area contributed by atoms with Crippen LogP contribution in [0.5, 0.6) is 0 Å². The molecule has 1 unspecified atom stereocenters. The fourth-order valence-electron chi connectivity index (χ4n) is 2.89. The van der Waals surface area contributed by atoms with Crippen LogP contribution >= 0.6 is 0 Å². The van der Waals surface area contributed by atoms with Crippen molar-refractivity contribution in [1.82, 2.24) is 16.0 Å². The average Bonchev–Trinajstić information content (AvgIpc) is 2.49. The molecule has 5 nitrogen and oxygen atoms in total. The Morgan fingerprint density at radius 2 is 1.91 bits per heavy atom. The van der Waals surface area contributed by atoms with E-state index >= 15 is 0 Å². The maximum atomic E-state index is 11.9. The number of rotatable bonds is 7. The minimum atomic E-state index is -0.205. The first-order valence-electron chi connectivity index (χ1n) is 8.43. The van der Waals surface area contributed by atoms with Gasteiger partial charge in [0, 0.05) is 30.2 Å². The number of carbonyl (C=O) groups is 1. The van der Waals surface area contributed by atoms with E-state index in [0.29, 0.717) is 13.1 Å². The Kier molecular flexibility index (Phi) is 5.65. The summed E-state index contributed by atoms with van der Waals surface area (Å²) >= 11 is 0. The van der Waals surface area contributed by atoms with Crippen molar-refractivity contribution in [3.63, 3.8) is 0 Å². The number of hydrogen-bond donors (Lipinski definition) is 4. The van der Waals surface area contributed by atoms with E-state index in [1.807, 2.05) is 18.2 Å². The van der Waals surface area contributed by atoms with Crippen molar-refractivity contribution in [2.24, 2.45) is 5.73 Å². The minimum Gasteiger partial charge on any atom is -0.336 e. The van der Waals surface area contributed by atoms with Gasteiger partial charge in [0.2, 0.25) is 0 Å². The number of nitrogens with one attached hydrogen (secondary N) is 3. The van der Waals surface area contributed by atoms with Gasteiger partial charge in [0.25, 0.3) is 0 Å². The first-order chi connectivity index (χ1) is 10.8. The zero-order valence-electron chi connectivity index (χ0n) is 14.5. The summed E-state index contributed by atoms with van der Waals surface area (Å²) < 4.78 is 0. The van der Waals surface area contributed by atoms with Crippen molar-refractivity contribution in [2.75, 3.05) is 13.1 Å². The average molecular weight is 318 g/mol. The van der Waals surface area contributed by atoms with Crippen molar-refractivity contribution >= 4 is 6.03 Å². The number of carbonyl (C=O) groups excluding carboxylic acids is 1. The van der Waals surface area contributed by atoms with Crippen LogP contribution in [0.1, 0.15) is 51.6 Å². The second-order valence-electron chi connectivity index (χ2n) is 7.41. The molecule has 2 amide bonds. The molecule has 5 heteroatoms. The first kappa shape index (κ1) is 17.8. The lowest BCUT2D eigenvalue weighted by Crippen LogP contribution is -2.57. The summed E-state index contributed by atoms with van der Waals surface area (Å²) in [7, 11) is 0. The maximum absolute atomic E-state index is 11.9. The molecule has 1 fully saturated rings. The molecule has 1 aromatic rings. The van der Waals surface area contributed by atoms with Crippen molar-refractivity contribution in [3.8, 4) is 0 Å². The van der Waals surface area contributed by atoms with Crippen LogP contribution in [0.25, 0.3) is 0 Å². The first-order valence-corrected chi connectivity index (χ1v) is 8.43. The molecule has 1 atom stereocenters. The molecule has 0 spiro atoms. The third-order valence-electron chi connectivity index (χ3n) is 4.55. The number of benzene rings is 1. The van der Waals surface area contributed by atoms with Gasteiger partial charge in [-0.3, -0.25) is 0 Å². The molecular weight excluding hydrogens is 288 g/mol. The summed E-state index contributed by atoms with van der Waals surface area (Å²) in [6, 6.07) is 10.4. The highest BCUT2D eigenvalue weighted by Crippen LogP contribution is 2.27. The largest absolute Gasteiger partial charge is 0.336 e. The molecular formula is C18H30N4O. The fraction of sp³-hybridized carbons (Fsp3) is 0.611. The monoisotopic (exact) mass is 318 g/mol. The van der Waals surface area contributed by atoms with Gasteiger partial charge in [-0.1, -0.05) is 30.3 Å². The third kappa shape index (κ3) is 5.52. The Labute approximate surface area is 139 Å². The highest BCUT2D eigenvalue weighted by Gasteiger charge is 2.32. The Balaban J connectivity index is 1.73. The molecule has 1 saturated carbocycles. The lowest BCUT2D eigenvalue weighted by molar-refractivity contribution is 0.214. The summed E-state index contributed by atoms with van der Waals surface area (Å²) in [5, 5.41) is 9.37. The van der Waals surface area contributed by atoms with Gasteiger partial charge in [-0.05, 0) is 45.6 Å². The summed E-state index contributed by atoms with van der Waals surface area (Å²) in [5.74, 6) is 0. The van der Waals surface area contributed by atoms with Crippen molar-refractivity contribution in [1.29, 1.82) is 0 Å². The number of nitrogens with two attached hydrogens (primary N) is 1.